The number of nitrogens with zero attached hydrogens (tertiary/aromatic N) is 1. The molecule has 0 saturated carbocycles. The SMILES string of the molecule is COc1ccc(N(CC(=O)Nc2cccc3ccccc23)S(=O)(=O)c2ccc(C)cc2)cc1OC. The molecule has 0 radical (unpaired) electrons. The lowest BCUT2D eigenvalue weighted by atomic mass is 10.1. The average Bonchev–Trinajstić information content (AvgIpc) is 2.87. The van der Waals surface area contributed by atoms with Crippen molar-refractivity contribution in [1.82, 2.24) is 0 Å². The molecule has 0 aliphatic heterocycles. The van der Waals surface area contributed by atoms with E-state index >= 15 is 0 Å². The van der Waals surface area contributed by atoms with Crippen LogP contribution in [-0.4, -0.2) is 35.1 Å². The maximum Gasteiger partial charge on any atom is 0.264 e. The number of methoxy groups -OCH3 is 2. The Hall–Kier alpha value is -4.04. The first kappa shape index (κ1) is 24.1. The van der Waals surface area contributed by atoms with E-state index in [1.54, 1.807) is 30.3 Å². The standard InChI is InChI=1S/C27H26N2O5S/c1-19-11-14-22(15-12-19)35(31,32)29(21-13-16-25(33-2)26(17-21)34-3)18-27(30)28-24-10-6-8-20-7-4-5-9-23(20)24/h4-17H,18H2,1-3H3,(H,28,30). The van der Waals surface area contributed by atoms with Crippen molar-refractivity contribution < 1.29 is 22.7 Å². The quantitative estimate of drug-likeness (QED) is 0.376. The smallest absolute Gasteiger partial charge is 0.264 e. The Labute approximate surface area is 205 Å². The van der Waals surface area contributed by atoms with Crippen molar-refractivity contribution in [2.75, 3.05) is 30.4 Å². The van der Waals surface area contributed by atoms with Gasteiger partial charge in [0.15, 0.2) is 11.5 Å². The summed E-state index contributed by atoms with van der Waals surface area (Å²) in [6.45, 7) is 1.44. The first-order chi connectivity index (χ1) is 16.8. The maximum atomic E-state index is 13.7. The van der Waals surface area contributed by atoms with Gasteiger partial charge in [-0.3, -0.25) is 9.10 Å². The molecule has 7 nitrogen and oxygen atoms in total. The molecule has 0 heterocycles. The Morgan fingerprint density at radius 3 is 2.26 bits per heavy atom. The molecule has 0 saturated heterocycles. The molecule has 4 rings (SSSR count). The number of benzene rings is 4. The van der Waals surface area contributed by atoms with Crippen LogP contribution in [0.15, 0.2) is 89.8 Å². The minimum absolute atomic E-state index is 0.0795. The number of anilines is 2. The summed E-state index contributed by atoms with van der Waals surface area (Å²) in [6.07, 6.45) is 0. The highest BCUT2D eigenvalue weighted by atomic mass is 32.2. The monoisotopic (exact) mass is 490 g/mol. The predicted molar refractivity (Wildman–Crippen MR) is 138 cm³/mol. The van der Waals surface area contributed by atoms with Crippen LogP contribution in [0.1, 0.15) is 5.56 Å². The van der Waals surface area contributed by atoms with Gasteiger partial charge in [-0.25, -0.2) is 8.42 Å². The lowest BCUT2D eigenvalue weighted by Gasteiger charge is -2.25. The van der Waals surface area contributed by atoms with Gasteiger partial charge in [0, 0.05) is 17.1 Å². The molecule has 0 atom stereocenters. The summed E-state index contributed by atoms with van der Waals surface area (Å²) in [5, 5.41) is 4.70. The van der Waals surface area contributed by atoms with E-state index in [-0.39, 0.29) is 10.6 Å². The highest BCUT2D eigenvalue weighted by Crippen LogP contribution is 2.34. The summed E-state index contributed by atoms with van der Waals surface area (Å²) in [7, 11) is -1.11. The van der Waals surface area contributed by atoms with Crippen molar-refractivity contribution in [1.29, 1.82) is 0 Å². The third kappa shape index (κ3) is 5.07. The number of nitrogens with one attached hydrogen (secondary N) is 1. The van der Waals surface area contributed by atoms with Crippen LogP contribution >= 0.6 is 0 Å². The molecular formula is C27H26N2O5S. The molecule has 8 heteroatoms. The van der Waals surface area contributed by atoms with Crippen molar-refractivity contribution in [3.05, 3.63) is 90.5 Å². The molecule has 1 N–H and O–H groups in total. The summed E-state index contributed by atoms with van der Waals surface area (Å²) in [4.78, 5) is 13.3. The summed E-state index contributed by atoms with van der Waals surface area (Å²) >= 11 is 0. The number of sulfonamides is 1. The number of carbonyl (C=O) groups is 1. The first-order valence-electron chi connectivity index (χ1n) is 10.9. The molecule has 0 fully saturated rings. The Kier molecular flexibility index (Phi) is 6.93. The van der Waals surface area contributed by atoms with Crippen molar-refractivity contribution in [2.24, 2.45) is 0 Å². The molecule has 1 amide bonds. The lowest BCUT2D eigenvalue weighted by molar-refractivity contribution is -0.114. The van der Waals surface area contributed by atoms with Gasteiger partial charge >= 0.3 is 0 Å². The van der Waals surface area contributed by atoms with Gasteiger partial charge < -0.3 is 14.8 Å². The molecule has 180 valence electrons. The summed E-state index contributed by atoms with van der Waals surface area (Å²) in [6, 6.07) is 24.4. The number of aryl methyl sites for hydroxylation is 1. The Balaban J connectivity index is 1.72. The van der Waals surface area contributed by atoms with Crippen LogP contribution in [-0.2, 0) is 14.8 Å². The van der Waals surface area contributed by atoms with Gasteiger partial charge in [0.1, 0.15) is 6.54 Å². The molecule has 0 aliphatic carbocycles. The van der Waals surface area contributed by atoms with Gasteiger partial charge in [0.2, 0.25) is 5.91 Å². The fourth-order valence-corrected chi connectivity index (χ4v) is 5.20. The second kappa shape index (κ2) is 10.1. The molecule has 0 aliphatic rings. The van der Waals surface area contributed by atoms with Crippen molar-refractivity contribution in [3.63, 3.8) is 0 Å². The number of amides is 1. The topological polar surface area (TPSA) is 84.9 Å². The molecule has 4 aromatic rings. The van der Waals surface area contributed by atoms with E-state index in [2.05, 4.69) is 5.32 Å². The van der Waals surface area contributed by atoms with Crippen molar-refractivity contribution in [2.45, 2.75) is 11.8 Å². The van der Waals surface area contributed by atoms with Crippen LogP contribution < -0.4 is 19.1 Å². The highest BCUT2D eigenvalue weighted by Gasteiger charge is 2.28. The number of rotatable bonds is 8. The first-order valence-corrected chi connectivity index (χ1v) is 12.4. The zero-order valence-corrected chi connectivity index (χ0v) is 20.5. The van der Waals surface area contributed by atoms with Crippen LogP contribution in [0.4, 0.5) is 11.4 Å². The minimum atomic E-state index is -4.07. The molecular weight excluding hydrogens is 464 g/mol. The zero-order valence-electron chi connectivity index (χ0n) is 19.7. The van der Waals surface area contributed by atoms with Crippen LogP contribution in [0.2, 0.25) is 0 Å². The largest absolute Gasteiger partial charge is 0.493 e. The number of hydrogen-bond donors (Lipinski definition) is 1. The van der Waals surface area contributed by atoms with E-state index in [1.807, 2.05) is 43.3 Å². The average molecular weight is 491 g/mol. The summed E-state index contributed by atoms with van der Waals surface area (Å²) in [5.41, 5.74) is 1.81. The van der Waals surface area contributed by atoms with E-state index in [1.165, 1.54) is 32.4 Å². The van der Waals surface area contributed by atoms with Gasteiger partial charge in [-0.05, 0) is 42.6 Å². The van der Waals surface area contributed by atoms with E-state index in [0.29, 0.717) is 17.2 Å². The molecule has 0 unspecified atom stereocenters. The second-order valence-corrected chi connectivity index (χ2v) is 9.80. The Morgan fingerprint density at radius 2 is 1.54 bits per heavy atom. The minimum Gasteiger partial charge on any atom is -0.493 e. The fourth-order valence-electron chi connectivity index (χ4n) is 3.79. The fraction of sp³-hybridized carbons (Fsp3) is 0.148. The summed E-state index contributed by atoms with van der Waals surface area (Å²) < 4.78 is 39.1. The molecule has 4 aromatic carbocycles. The molecule has 0 spiro atoms. The normalized spacial score (nSPS) is 11.2. The Morgan fingerprint density at radius 1 is 0.857 bits per heavy atom. The summed E-state index contributed by atoms with van der Waals surface area (Å²) in [5.74, 6) is 0.319. The number of carbonyl (C=O) groups excluding carboxylic acids is 1. The van der Waals surface area contributed by atoms with E-state index in [0.717, 1.165) is 20.6 Å². The van der Waals surface area contributed by atoms with E-state index < -0.39 is 22.5 Å². The third-order valence-electron chi connectivity index (χ3n) is 5.62. The van der Waals surface area contributed by atoms with Crippen LogP contribution in [0.3, 0.4) is 0 Å². The number of fused-ring (bicyclic) bond motifs is 1. The van der Waals surface area contributed by atoms with Gasteiger partial charge in [0.05, 0.1) is 24.8 Å². The van der Waals surface area contributed by atoms with Gasteiger partial charge in [0.25, 0.3) is 10.0 Å². The van der Waals surface area contributed by atoms with Crippen molar-refractivity contribution >= 4 is 38.1 Å². The maximum absolute atomic E-state index is 13.7. The molecule has 35 heavy (non-hydrogen) atoms. The van der Waals surface area contributed by atoms with Gasteiger partial charge in [-0.15, -0.1) is 0 Å². The number of ether oxygens (including phenoxy) is 2. The molecule has 0 aromatic heterocycles. The predicted octanol–water partition coefficient (Wildman–Crippen LogP) is 5.00. The van der Waals surface area contributed by atoms with Crippen LogP contribution in [0, 0.1) is 6.92 Å². The van der Waals surface area contributed by atoms with Gasteiger partial charge in [-0.1, -0.05) is 54.1 Å². The van der Waals surface area contributed by atoms with E-state index in [9.17, 15) is 13.2 Å². The Bertz CT molecular complexity index is 1460. The second-order valence-electron chi connectivity index (χ2n) is 7.94. The van der Waals surface area contributed by atoms with Crippen molar-refractivity contribution in [3.8, 4) is 11.5 Å². The molecule has 0 bridgehead atoms. The van der Waals surface area contributed by atoms with E-state index in [4.69, 9.17) is 9.47 Å². The van der Waals surface area contributed by atoms with Gasteiger partial charge in [-0.2, -0.15) is 0 Å². The zero-order chi connectivity index (χ0) is 25.0. The third-order valence-corrected chi connectivity index (χ3v) is 7.40. The lowest BCUT2D eigenvalue weighted by Crippen LogP contribution is -2.38. The highest BCUT2D eigenvalue weighted by molar-refractivity contribution is 7.92. The van der Waals surface area contributed by atoms with Crippen LogP contribution in [0.5, 0.6) is 11.5 Å². The van der Waals surface area contributed by atoms with Crippen LogP contribution in [0.25, 0.3) is 10.8 Å². The number of hydrogen-bond acceptors (Lipinski definition) is 5.